The molecular formula is C15H16F3N3O2. The number of carbonyl (C=O) groups excluding carboxylic acids is 2. The number of urea groups is 1. The van der Waals surface area contributed by atoms with Gasteiger partial charge in [0.1, 0.15) is 5.82 Å². The van der Waals surface area contributed by atoms with E-state index < -0.39 is 29.2 Å². The van der Waals surface area contributed by atoms with Crippen LogP contribution in [0.25, 0.3) is 0 Å². The van der Waals surface area contributed by atoms with Crippen molar-refractivity contribution in [3.05, 3.63) is 29.6 Å². The molecule has 1 N–H and O–H groups in total. The van der Waals surface area contributed by atoms with Gasteiger partial charge in [-0.3, -0.25) is 4.79 Å². The van der Waals surface area contributed by atoms with Crippen molar-refractivity contribution in [2.75, 3.05) is 18.9 Å². The van der Waals surface area contributed by atoms with Gasteiger partial charge >= 0.3 is 6.03 Å². The Morgan fingerprint density at radius 3 is 2.65 bits per heavy atom. The van der Waals surface area contributed by atoms with Crippen LogP contribution in [-0.2, 0) is 4.79 Å². The molecular weight excluding hydrogens is 311 g/mol. The fourth-order valence-electron chi connectivity index (χ4n) is 3.27. The van der Waals surface area contributed by atoms with Gasteiger partial charge in [-0.05, 0) is 12.8 Å². The summed E-state index contributed by atoms with van der Waals surface area (Å²) in [7, 11) is 1.67. The molecule has 5 nitrogen and oxygen atoms in total. The van der Waals surface area contributed by atoms with Gasteiger partial charge in [-0.2, -0.15) is 0 Å². The third-order valence-corrected chi connectivity index (χ3v) is 4.41. The Labute approximate surface area is 131 Å². The van der Waals surface area contributed by atoms with E-state index in [4.69, 9.17) is 0 Å². The number of fused-ring (bicyclic) bond motifs is 2. The van der Waals surface area contributed by atoms with E-state index in [2.05, 4.69) is 5.32 Å². The molecule has 3 rings (SSSR count). The highest BCUT2D eigenvalue weighted by Crippen LogP contribution is 2.31. The smallest absolute Gasteiger partial charge is 0.322 e. The number of amides is 3. The number of rotatable bonds is 1. The summed E-state index contributed by atoms with van der Waals surface area (Å²) < 4.78 is 40.1. The fraction of sp³-hybridized carbons (Fsp3) is 0.467. The predicted octanol–water partition coefficient (Wildman–Crippen LogP) is 2.33. The number of hydrogen-bond donors (Lipinski definition) is 1. The lowest BCUT2D eigenvalue weighted by Crippen LogP contribution is -2.45. The van der Waals surface area contributed by atoms with Crippen molar-refractivity contribution in [1.82, 2.24) is 9.80 Å². The van der Waals surface area contributed by atoms with Crippen molar-refractivity contribution >= 4 is 17.6 Å². The van der Waals surface area contributed by atoms with E-state index in [-0.39, 0.29) is 24.4 Å². The highest BCUT2D eigenvalue weighted by molar-refractivity contribution is 5.91. The molecule has 0 aromatic heterocycles. The number of anilines is 1. The summed E-state index contributed by atoms with van der Waals surface area (Å²) in [6.07, 6.45) is 1.60. The Hall–Kier alpha value is -2.25. The molecule has 1 aromatic carbocycles. The Morgan fingerprint density at radius 1 is 1.22 bits per heavy atom. The molecule has 23 heavy (non-hydrogen) atoms. The largest absolute Gasteiger partial charge is 0.344 e. The monoisotopic (exact) mass is 327 g/mol. The van der Waals surface area contributed by atoms with Gasteiger partial charge in [0.05, 0.1) is 11.7 Å². The molecule has 1 aromatic rings. The lowest BCUT2D eigenvalue weighted by Gasteiger charge is -2.28. The summed E-state index contributed by atoms with van der Waals surface area (Å²) in [5.41, 5.74) is -0.546. The van der Waals surface area contributed by atoms with Gasteiger partial charge in [-0.15, -0.1) is 0 Å². The minimum atomic E-state index is -1.37. The summed E-state index contributed by atoms with van der Waals surface area (Å²) in [6.45, 7) is 0.392. The Balaban J connectivity index is 1.82. The van der Waals surface area contributed by atoms with Crippen LogP contribution >= 0.6 is 0 Å². The van der Waals surface area contributed by atoms with Crippen LogP contribution in [0.1, 0.15) is 19.3 Å². The molecule has 2 atom stereocenters. The predicted molar refractivity (Wildman–Crippen MR) is 76.2 cm³/mol. The molecule has 2 heterocycles. The number of nitrogens with zero attached hydrogens (tertiary/aromatic N) is 2. The number of hydrogen-bond acceptors (Lipinski definition) is 2. The number of likely N-dealkylation sites (tertiary alicyclic amines) is 1. The maximum Gasteiger partial charge on any atom is 0.322 e. The van der Waals surface area contributed by atoms with E-state index >= 15 is 0 Å². The molecule has 0 saturated carbocycles. The molecule has 124 valence electrons. The van der Waals surface area contributed by atoms with Gasteiger partial charge < -0.3 is 15.1 Å². The Bertz CT molecular complexity index is 668. The number of benzene rings is 1. The zero-order valence-electron chi connectivity index (χ0n) is 12.5. The third kappa shape index (κ3) is 2.85. The minimum absolute atomic E-state index is 0.0574. The number of halogens is 3. The molecule has 0 spiro atoms. The quantitative estimate of drug-likeness (QED) is 0.805. The van der Waals surface area contributed by atoms with E-state index in [1.165, 1.54) is 4.90 Å². The van der Waals surface area contributed by atoms with Crippen LogP contribution in [0.5, 0.6) is 0 Å². The number of carbonyl (C=O) groups is 2. The van der Waals surface area contributed by atoms with Crippen LogP contribution in [-0.4, -0.2) is 47.4 Å². The normalized spacial score (nSPS) is 23.9. The van der Waals surface area contributed by atoms with Crippen LogP contribution in [0.15, 0.2) is 12.1 Å². The van der Waals surface area contributed by atoms with Crippen LogP contribution < -0.4 is 5.32 Å². The van der Waals surface area contributed by atoms with E-state index in [0.29, 0.717) is 19.0 Å². The summed E-state index contributed by atoms with van der Waals surface area (Å²) in [5.74, 6) is -3.71. The van der Waals surface area contributed by atoms with E-state index in [1.807, 2.05) is 0 Å². The summed E-state index contributed by atoms with van der Waals surface area (Å²) in [6, 6.07) is 0.0306. The first-order valence-corrected chi connectivity index (χ1v) is 7.34. The second-order valence-corrected chi connectivity index (χ2v) is 5.95. The number of likely N-dealkylation sites (N-methyl/N-ethyl adjacent to an activating group) is 1. The van der Waals surface area contributed by atoms with Crippen LogP contribution in [0.3, 0.4) is 0 Å². The van der Waals surface area contributed by atoms with Gasteiger partial charge in [0, 0.05) is 38.2 Å². The van der Waals surface area contributed by atoms with Crippen molar-refractivity contribution in [2.24, 2.45) is 0 Å². The maximum absolute atomic E-state index is 13.7. The third-order valence-electron chi connectivity index (χ3n) is 4.41. The second kappa shape index (κ2) is 5.75. The lowest BCUT2D eigenvalue weighted by molar-refractivity contribution is -0.130. The van der Waals surface area contributed by atoms with Gasteiger partial charge in [0.25, 0.3) is 0 Å². The molecule has 8 heteroatoms. The SMILES string of the molecule is CN1C[C@@H]2CC[C@H](CC1=O)N2C(=O)Nc1cc(F)cc(F)c1F. The summed E-state index contributed by atoms with van der Waals surface area (Å²) in [4.78, 5) is 27.4. The molecule has 0 radical (unpaired) electrons. The van der Waals surface area contributed by atoms with Gasteiger partial charge in [-0.25, -0.2) is 18.0 Å². The first kappa shape index (κ1) is 15.6. The summed E-state index contributed by atoms with van der Waals surface area (Å²) in [5, 5.41) is 2.22. The topological polar surface area (TPSA) is 52.7 Å². The van der Waals surface area contributed by atoms with Crippen LogP contribution in [0, 0.1) is 17.5 Å². The van der Waals surface area contributed by atoms with E-state index in [9.17, 15) is 22.8 Å². The molecule has 2 saturated heterocycles. The molecule has 3 amide bonds. The Morgan fingerprint density at radius 2 is 1.91 bits per heavy atom. The van der Waals surface area contributed by atoms with Crippen molar-refractivity contribution in [1.29, 1.82) is 0 Å². The standard InChI is InChI=1S/C15H16F3N3O2/c1-20-7-10-3-2-9(6-13(20)22)21(10)15(23)19-12-5-8(16)4-11(17)14(12)18/h4-5,9-10H,2-3,6-7H2,1H3,(H,19,23)/t9-,10+/m1/s1. The van der Waals surface area contributed by atoms with Crippen molar-refractivity contribution in [3.63, 3.8) is 0 Å². The Kier molecular flexibility index (Phi) is 3.91. The number of nitrogens with one attached hydrogen (secondary N) is 1. The lowest BCUT2D eigenvalue weighted by atomic mass is 10.1. The first-order valence-electron chi connectivity index (χ1n) is 7.34. The average Bonchev–Trinajstić information content (AvgIpc) is 2.80. The molecule has 2 fully saturated rings. The highest BCUT2D eigenvalue weighted by atomic mass is 19.2. The van der Waals surface area contributed by atoms with Gasteiger partial charge in [0.15, 0.2) is 11.6 Å². The van der Waals surface area contributed by atoms with Crippen molar-refractivity contribution in [2.45, 2.75) is 31.3 Å². The van der Waals surface area contributed by atoms with Crippen LogP contribution in [0.2, 0.25) is 0 Å². The van der Waals surface area contributed by atoms with Gasteiger partial charge in [-0.1, -0.05) is 0 Å². The van der Waals surface area contributed by atoms with E-state index in [1.54, 1.807) is 11.9 Å². The van der Waals surface area contributed by atoms with E-state index in [0.717, 1.165) is 12.5 Å². The highest BCUT2D eigenvalue weighted by Gasteiger charge is 2.42. The minimum Gasteiger partial charge on any atom is -0.344 e. The molecule has 2 aliphatic heterocycles. The molecule has 0 aliphatic carbocycles. The summed E-state index contributed by atoms with van der Waals surface area (Å²) >= 11 is 0. The van der Waals surface area contributed by atoms with Crippen molar-refractivity contribution < 1.29 is 22.8 Å². The first-order chi connectivity index (χ1) is 10.9. The molecule has 2 aliphatic rings. The molecule has 2 bridgehead atoms. The fourth-order valence-corrected chi connectivity index (χ4v) is 3.27. The van der Waals surface area contributed by atoms with Gasteiger partial charge in [0.2, 0.25) is 5.91 Å². The average molecular weight is 327 g/mol. The maximum atomic E-state index is 13.7. The molecule has 0 unspecified atom stereocenters. The second-order valence-electron chi connectivity index (χ2n) is 5.95. The van der Waals surface area contributed by atoms with Crippen molar-refractivity contribution in [3.8, 4) is 0 Å². The zero-order chi connectivity index (χ0) is 16.7. The zero-order valence-corrected chi connectivity index (χ0v) is 12.5. The van der Waals surface area contributed by atoms with Crippen LogP contribution in [0.4, 0.5) is 23.7 Å².